The highest BCUT2D eigenvalue weighted by atomic mass is 16.3. The topological polar surface area (TPSA) is 16.4 Å². The molecule has 0 bridgehead atoms. The van der Waals surface area contributed by atoms with Gasteiger partial charge in [0.2, 0.25) is 0 Å². The SMILES string of the molecule is c1ccc(-c2ccc(N(c3ccc(-c4cccc(-c5cccc6ccccc56)c4)cc3)c3cccc(-c4cc5ccccc5o4)c3)cc2)cc1. The van der Waals surface area contributed by atoms with Gasteiger partial charge in [0.1, 0.15) is 11.3 Å². The first-order valence-corrected chi connectivity index (χ1v) is 17.0. The van der Waals surface area contributed by atoms with E-state index in [1.165, 1.54) is 44.2 Å². The molecule has 1 heterocycles. The Balaban J connectivity index is 1.10. The quantitative estimate of drug-likeness (QED) is 0.173. The number of hydrogen-bond donors (Lipinski definition) is 0. The first-order valence-electron chi connectivity index (χ1n) is 17.0. The number of furan rings is 1. The van der Waals surface area contributed by atoms with E-state index in [1.807, 2.05) is 18.2 Å². The predicted molar refractivity (Wildman–Crippen MR) is 210 cm³/mol. The molecule has 0 aliphatic heterocycles. The zero-order chi connectivity index (χ0) is 33.3. The van der Waals surface area contributed by atoms with Crippen LogP contribution in [-0.4, -0.2) is 0 Å². The van der Waals surface area contributed by atoms with E-state index in [-0.39, 0.29) is 0 Å². The van der Waals surface area contributed by atoms with Crippen LogP contribution in [0.2, 0.25) is 0 Å². The van der Waals surface area contributed by atoms with E-state index >= 15 is 0 Å². The van der Waals surface area contributed by atoms with Crippen LogP contribution in [0.3, 0.4) is 0 Å². The summed E-state index contributed by atoms with van der Waals surface area (Å²) < 4.78 is 6.28. The number of fused-ring (bicyclic) bond motifs is 2. The van der Waals surface area contributed by atoms with Crippen molar-refractivity contribution in [3.05, 3.63) is 200 Å². The van der Waals surface area contributed by atoms with E-state index in [2.05, 4.69) is 187 Å². The van der Waals surface area contributed by atoms with Gasteiger partial charge in [-0.3, -0.25) is 0 Å². The first kappa shape index (κ1) is 29.5. The molecular weight excluding hydrogens is 607 g/mol. The Kier molecular flexibility index (Phi) is 7.53. The van der Waals surface area contributed by atoms with E-state index in [1.54, 1.807) is 0 Å². The van der Waals surface area contributed by atoms with Gasteiger partial charge in [0.15, 0.2) is 0 Å². The molecule has 0 atom stereocenters. The zero-order valence-electron chi connectivity index (χ0n) is 27.4. The summed E-state index contributed by atoms with van der Waals surface area (Å²) in [7, 11) is 0. The molecule has 0 aliphatic carbocycles. The molecule has 2 nitrogen and oxygen atoms in total. The summed E-state index contributed by atoms with van der Waals surface area (Å²) in [5, 5.41) is 3.61. The summed E-state index contributed by atoms with van der Waals surface area (Å²) in [6.07, 6.45) is 0. The van der Waals surface area contributed by atoms with Crippen LogP contribution in [0, 0.1) is 0 Å². The molecule has 50 heavy (non-hydrogen) atoms. The molecule has 9 aromatic rings. The Morgan fingerprint density at radius 1 is 0.320 bits per heavy atom. The average molecular weight is 640 g/mol. The highest BCUT2D eigenvalue weighted by Crippen LogP contribution is 2.39. The summed E-state index contributed by atoms with van der Waals surface area (Å²) in [5.41, 5.74) is 12.3. The molecule has 0 saturated carbocycles. The number of hydrogen-bond acceptors (Lipinski definition) is 2. The minimum Gasteiger partial charge on any atom is -0.456 e. The normalized spacial score (nSPS) is 11.2. The maximum atomic E-state index is 6.28. The van der Waals surface area contributed by atoms with Gasteiger partial charge in [0.25, 0.3) is 0 Å². The fourth-order valence-corrected chi connectivity index (χ4v) is 6.95. The second-order valence-electron chi connectivity index (χ2n) is 12.6. The lowest BCUT2D eigenvalue weighted by Gasteiger charge is -2.26. The van der Waals surface area contributed by atoms with Crippen LogP contribution in [0.15, 0.2) is 205 Å². The van der Waals surface area contributed by atoms with Crippen molar-refractivity contribution < 1.29 is 4.42 Å². The molecule has 236 valence electrons. The van der Waals surface area contributed by atoms with Crippen molar-refractivity contribution >= 4 is 38.8 Å². The highest BCUT2D eigenvalue weighted by molar-refractivity contribution is 5.97. The van der Waals surface area contributed by atoms with Crippen LogP contribution < -0.4 is 4.90 Å². The second-order valence-corrected chi connectivity index (χ2v) is 12.6. The summed E-state index contributed by atoms with van der Waals surface area (Å²) >= 11 is 0. The van der Waals surface area contributed by atoms with Gasteiger partial charge in [0.05, 0.1) is 0 Å². The van der Waals surface area contributed by atoms with Gasteiger partial charge in [-0.15, -0.1) is 0 Å². The minimum atomic E-state index is 0.855. The maximum absolute atomic E-state index is 6.28. The van der Waals surface area contributed by atoms with Crippen molar-refractivity contribution in [2.24, 2.45) is 0 Å². The largest absolute Gasteiger partial charge is 0.456 e. The Morgan fingerprint density at radius 2 is 0.880 bits per heavy atom. The summed E-state index contributed by atoms with van der Waals surface area (Å²) in [6.45, 7) is 0. The van der Waals surface area contributed by atoms with Crippen molar-refractivity contribution in [3.63, 3.8) is 0 Å². The van der Waals surface area contributed by atoms with Crippen molar-refractivity contribution in [2.75, 3.05) is 4.90 Å². The number of rotatable bonds is 7. The molecular formula is C48H33NO. The monoisotopic (exact) mass is 639 g/mol. The fraction of sp³-hybridized carbons (Fsp3) is 0. The van der Waals surface area contributed by atoms with Gasteiger partial charge in [-0.05, 0) is 98.8 Å². The number of anilines is 3. The van der Waals surface area contributed by atoms with E-state index < -0.39 is 0 Å². The van der Waals surface area contributed by atoms with Gasteiger partial charge < -0.3 is 9.32 Å². The van der Waals surface area contributed by atoms with Crippen LogP contribution in [0.4, 0.5) is 17.1 Å². The molecule has 8 aromatic carbocycles. The molecule has 0 fully saturated rings. The molecule has 0 spiro atoms. The van der Waals surface area contributed by atoms with Gasteiger partial charge in [0, 0.05) is 28.0 Å². The third kappa shape index (κ3) is 5.63. The Morgan fingerprint density at radius 3 is 1.66 bits per heavy atom. The molecule has 9 rings (SSSR count). The van der Waals surface area contributed by atoms with E-state index in [0.717, 1.165) is 39.4 Å². The van der Waals surface area contributed by atoms with Crippen LogP contribution in [0.5, 0.6) is 0 Å². The standard InChI is InChI=1S/C48H33NO/c1-2-11-34(12-3-1)35-23-27-42(28-24-35)49(44-19-9-18-40(32-44)48-33-41-14-5-7-22-47(41)50-48)43-29-25-36(26-30-43)38-16-8-17-39(31-38)46-21-10-15-37-13-4-6-20-45(37)46/h1-33H. The van der Waals surface area contributed by atoms with Crippen LogP contribution in [0.25, 0.3) is 66.4 Å². The molecule has 0 aliphatic rings. The second kappa shape index (κ2) is 12.8. The highest BCUT2D eigenvalue weighted by Gasteiger charge is 2.16. The Labute approximate surface area is 292 Å². The van der Waals surface area contributed by atoms with Gasteiger partial charge in [-0.1, -0.05) is 146 Å². The third-order valence-corrected chi connectivity index (χ3v) is 9.47. The average Bonchev–Trinajstić information content (AvgIpc) is 3.64. The van der Waals surface area contributed by atoms with Gasteiger partial charge >= 0.3 is 0 Å². The van der Waals surface area contributed by atoms with Crippen molar-refractivity contribution in [1.29, 1.82) is 0 Å². The third-order valence-electron chi connectivity index (χ3n) is 9.47. The number of para-hydroxylation sites is 1. The predicted octanol–water partition coefficient (Wildman–Crippen LogP) is 13.7. The lowest BCUT2D eigenvalue weighted by Crippen LogP contribution is -2.10. The molecule has 0 radical (unpaired) electrons. The first-order chi connectivity index (χ1) is 24.8. The van der Waals surface area contributed by atoms with Gasteiger partial charge in [-0.2, -0.15) is 0 Å². The van der Waals surface area contributed by atoms with Crippen molar-refractivity contribution in [2.45, 2.75) is 0 Å². The van der Waals surface area contributed by atoms with Crippen LogP contribution in [0.1, 0.15) is 0 Å². The van der Waals surface area contributed by atoms with E-state index in [4.69, 9.17) is 4.42 Å². The Bertz CT molecular complexity index is 2540. The molecule has 0 N–H and O–H groups in total. The molecule has 0 saturated heterocycles. The molecule has 2 heteroatoms. The van der Waals surface area contributed by atoms with Crippen LogP contribution >= 0.6 is 0 Å². The number of nitrogens with zero attached hydrogens (tertiary/aromatic N) is 1. The molecule has 0 amide bonds. The lowest BCUT2D eigenvalue weighted by molar-refractivity contribution is 0.631. The number of benzene rings is 8. The van der Waals surface area contributed by atoms with E-state index in [0.29, 0.717) is 0 Å². The summed E-state index contributed by atoms with van der Waals surface area (Å²) in [5.74, 6) is 0.855. The zero-order valence-corrected chi connectivity index (χ0v) is 27.4. The Hall–Kier alpha value is -6.64. The van der Waals surface area contributed by atoms with Gasteiger partial charge in [-0.25, -0.2) is 0 Å². The fourth-order valence-electron chi connectivity index (χ4n) is 6.95. The summed E-state index contributed by atoms with van der Waals surface area (Å²) in [6, 6.07) is 71.1. The summed E-state index contributed by atoms with van der Waals surface area (Å²) in [4.78, 5) is 2.32. The minimum absolute atomic E-state index is 0.855. The van der Waals surface area contributed by atoms with Crippen LogP contribution in [-0.2, 0) is 0 Å². The maximum Gasteiger partial charge on any atom is 0.135 e. The lowest BCUT2D eigenvalue weighted by atomic mass is 9.95. The van der Waals surface area contributed by atoms with E-state index in [9.17, 15) is 0 Å². The molecule has 0 unspecified atom stereocenters. The molecule has 1 aromatic heterocycles. The van der Waals surface area contributed by atoms with Crippen molar-refractivity contribution in [1.82, 2.24) is 0 Å². The van der Waals surface area contributed by atoms with Crippen molar-refractivity contribution in [3.8, 4) is 44.7 Å². The smallest absolute Gasteiger partial charge is 0.135 e.